The second-order valence-electron chi connectivity index (χ2n) is 8.85. The lowest BCUT2D eigenvalue weighted by Gasteiger charge is -2.39. The molecule has 1 aliphatic heterocycles. The van der Waals surface area contributed by atoms with Crippen LogP contribution < -0.4 is 16.0 Å². The first-order valence-corrected chi connectivity index (χ1v) is 11.8. The van der Waals surface area contributed by atoms with Gasteiger partial charge in [0, 0.05) is 6.54 Å². The SMILES string of the molecule is CC[C@H](C)[C@H](NC(=O)[C@H](C)NC)C(=O)N1CCc2ccccc2C1C(=O)Nc1c(F)cccc1F. The number of para-hydroxylation sites is 1. The van der Waals surface area contributed by atoms with Crippen LogP contribution >= 0.6 is 0 Å². The normalized spacial score (nSPS) is 17.7. The Bertz CT molecular complexity index is 1070. The van der Waals surface area contributed by atoms with Crippen molar-refractivity contribution >= 4 is 23.4 Å². The fraction of sp³-hybridized carbons (Fsp3) is 0.423. The number of rotatable bonds is 8. The highest BCUT2D eigenvalue weighted by Crippen LogP contribution is 2.33. The summed E-state index contributed by atoms with van der Waals surface area (Å²) >= 11 is 0. The van der Waals surface area contributed by atoms with Gasteiger partial charge in [-0.05, 0) is 49.6 Å². The van der Waals surface area contributed by atoms with Gasteiger partial charge in [0.1, 0.15) is 29.4 Å². The largest absolute Gasteiger partial charge is 0.343 e. The number of benzene rings is 2. The lowest BCUT2D eigenvalue weighted by atomic mass is 9.89. The molecule has 1 unspecified atom stereocenters. The molecule has 0 aliphatic carbocycles. The summed E-state index contributed by atoms with van der Waals surface area (Å²) in [5.41, 5.74) is 0.889. The van der Waals surface area contributed by atoms with Gasteiger partial charge in [0.15, 0.2) is 0 Å². The highest BCUT2D eigenvalue weighted by molar-refractivity contribution is 6.00. The van der Waals surface area contributed by atoms with Crippen LogP contribution in [0.4, 0.5) is 14.5 Å². The molecule has 1 aliphatic rings. The molecule has 0 bridgehead atoms. The molecular weight excluding hydrogens is 454 g/mol. The molecule has 35 heavy (non-hydrogen) atoms. The van der Waals surface area contributed by atoms with Crippen LogP contribution in [-0.2, 0) is 20.8 Å². The summed E-state index contributed by atoms with van der Waals surface area (Å²) in [6.07, 6.45) is 1.13. The van der Waals surface area contributed by atoms with Gasteiger partial charge in [-0.15, -0.1) is 0 Å². The van der Waals surface area contributed by atoms with E-state index in [1.54, 1.807) is 26.1 Å². The van der Waals surface area contributed by atoms with E-state index in [2.05, 4.69) is 16.0 Å². The lowest BCUT2D eigenvalue weighted by molar-refractivity contribution is -0.144. The average molecular weight is 487 g/mol. The van der Waals surface area contributed by atoms with Crippen LogP contribution in [0.3, 0.4) is 0 Å². The van der Waals surface area contributed by atoms with Crippen molar-refractivity contribution in [3.63, 3.8) is 0 Å². The van der Waals surface area contributed by atoms with E-state index in [1.165, 1.54) is 11.0 Å². The Morgan fingerprint density at radius 1 is 1.06 bits per heavy atom. The number of nitrogens with one attached hydrogen (secondary N) is 3. The van der Waals surface area contributed by atoms with E-state index in [9.17, 15) is 23.2 Å². The summed E-state index contributed by atoms with van der Waals surface area (Å²) in [4.78, 5) is 41.3. The van der Waals surface area contributed by atoms with Crippen LogP contribution in [0.25, 0.3) is 0 Å². The van der Waals surface area contributed by atoms with Gasteiger partial charge in [-0.3, -0.25) is 14.4 Å². The van der Waals surface area contributed by atoms with Crippen LogP contribution in [0, 0.1) is 17.6 Å². The maximum absolute atomic E-state index is 14.3. The van der Waals surface area contributed by atoms with Gasteiger partial charge in [-0.25, -0.2) is 8.78 Å². The highest BCUT2D eigenvalue weighted by atomic mass is 19.1. The molecule has 3 amide bonds. The van der Waals surface area contributed by atoms with Gasteiger partial charge in [-0.1, -0.05) is 50.6 Å². The zero-order valence-electron chi connectivity index (χ0n) is 20.4. The Morgan fingerprint density at radius 3 is 2.34 bits per heavy atom. The Hall–Kier alpha value is -3.33. The Kier molecular flexibility index (Phi) is 8.56. The first-order valence-electron chi connectivity index (χ1n) is 11.8. The molecule has 3 N–H and O–H groups in total. The van der Waals surface area contributed by atoms with E-state index >= 15 is 0 Å². The number of nitrogens with zero attached hydrogens (tertiary/aromatic N) is 1. The van der Waals surface area contributed by atoms with Gasteiger partial charge in [0.2, 0.25) is 11.8 Å². The molecule has 7 nitrogen and oxygen atoms in total. The van der Waals surface area contributed by atoms with Crippen molar-refractivity contribution in [1.29, 1.82) is 0 Å². The molecular formula is C26H32F2N4O3. The Labute approximate surface area is 204 Å². The summed E-state index contributed by atoms with van der Waals surface area (Å²) < 4.78 is 28.5. The number of amides is 3. The van der Waals surface area contributed by atoms with Crippen molar-refractivity contribution in [1.82, 2.24) is 15.5 Å². The van der Waals surface area contributed by atoms with E-state index in [0.29, 0.717) is 18.4 Å². The van der Waals surface area contributed by atoms with Crippen LogP contribution in [0.5, 0.6) is 0 Å². The number of anilines is 1. The van der Waals surface area contributed by atoms with E-state index in [0.717, 1.165) is 17.7 Å². The van der Waals surface area contributed by atoms with Gasteiger partial charge in [-0.2, -0.15) is 0 Å². The van der Waals surface area contributed by atoms with Crippen molar-refractivity contribution in [3.05, 3.63) is 65.2 Å². The Balaban J connectivity index is 1.98. The van der Waals surface area contributed by atoms with Crippen molar-refractivity contribution in [2.24, 2.45) is 5.92 Å². The van der Waals surface area contributed by atoms with E-state index in [1.807, 2.05) is 26.0 Å². The number of hydrogen-bond donors (Lipinski definition) is 3. The molecule has 0 fully saturated rings. The molecule has 0 saturated carbocycles. The topological polar surface area (TPSA) is 90.5 Å². The van der Waals surface area contributed by atoms with Gasteiger partial charge in [0.25, 0.3) is 5.91 Å². The molecule has 2 aromatic carbocycles. The maximum atomic E-state index is 14.3. The second kappa shape index (κ2) is 11.4. The third-order valence-electron chi connectivity index (χ3n) is 6.63. The fourth-order valence-electron chi connectivity index (χ4n) is 4.17. The predicted octanol–water partition coefficient (Wildman–Crippen LogP) is 3.17. The minimum Gasteiger partial charge on any atom is -0.343 e. The zero-order chi connectivity index (χ0) is 25.7. The van der Waals surface area contributed by atoms with Crippen molar-refractivity contribution < 1.29 is 23.2 Å². The number of carbonyl (C=O) groups excluding carboxylic acids is 3. The number of hydrogen-bond acceptors (Lipinski definition) is 4. The third kappa shape index (κ3) is 5.67. The average Bonchev–Trinajstić information content (AvgIpc) is 2.87. The molecule has 1 heterocycles. The number of fused-ring (bicyclic) bond motifs is 1. The van der Waals surface area contributed by atoms with Gasteiger partial charge in [0.05, 0.1) is 6.04 Å². The van der Waals surface area contributed by atoms with Crippen molar-refractivity contribution in [3.8, 4) is 0 Å². The minimum atomic E-state index is -1.11. The number of likely N-dealkylation sites (N-methyl/N-ethyl adjacent to an activating group) is 1. The quantitative estimate of drug-likeness (QED) is 0.535. The van der Waals surface area contributed by atoms with Crippen LogP contribution in [-0.4, -0.2) is 48.3 Å². The summed E-state index contributed by atoms with van der Waals surface area (Å²) in [5.74, 6) is -3.51. The molecule has 9 heteroatoms. The lowest BCUT2D eigenvalue weighted by Crippen LogP contribution is -2.57. The van der Waals surface area contributed by atoms with Crippen molar-refractivity contribution in [2.75, 3.05) is 18.9 Å². The number of carbonyl (C=O) groups is 3. The molecule has 0 spiro atoms. The maximum Gasteiger partial charge on any atom is 0.251 e. The summed E-state index contributed by atoms with van der Waals surface area (Å²) in [6, 6.07) is 7.99. The first-order chi connectivity index (χ1) is 16.7. The van der Waals surface area contributed by atoms with Crippen LogP contribution in [0.2, 0.25) is 0 Å². The standard InChI is InChI=1S/C26H32F2N4O3/c1-5-15(2)21(30-24(33)16(3)29-4)26(35)32-14-13-17-9-6-7-10-18(17)23(32)25(34)31-22-19(27)11-8-12-20(22)28/h6-12,15-16,21,23,29H,5,13-14H2,1-4H3,(H,30,33)(H,31,34)/t15-,16-,21-,23?/m0/s1. The molecule has 188 valence electrons. The highest BCUT2D eigenvalue weighted by Gasteiger charge is 2.40. The summed E-state index contributed by atoms with van der Waals surface area (Å²) in [6.45, 7) is 5.67. The summed E-state index contributed by atoms with van der Waals surface area (Å²) in [7, 11) is 1.65. The smallest absolute Gasteiger partial charge is 0.251 e. The predicted molar refractivity (Wildman–Crippen MR) is 129 cm³/mol. The third-order valence-corrected chi connectivity index (χ3v) is 6.63. The molecule has 3 rings (SSSR count). The first kappa shape index (κ1) is 26.3. The Morgan fingerprint density at radius 2 is 1.71 bits per heavy atom. The second-order valence-corrected chi connectivity index (χ2v) is 8.85. The van der Waals surface area contributed by atoms with E-state index < -0.39 is 47.3 Å². The monoisotopic (exact) mass is 486 g/mol. The van der Waals surface area contributed by atoms with E-state index in [-0.39, 0.29) is 18.4 Å². The molecule has 4 atom stereocenters. The molecule has 2 aromatic rings. The minimum absolute atomic E-state index is 0.208. The summed E-state index contributed by atoms with van der Waals surface area (Å²) in [5, 5.41) is 8.02. The molecule has 0 saturated heterocycles. The van der Waals surface area contributed by atoms with Gasteiger partial charge >= 0.3 is 0 Å². The van der Waals surface area contributed by atoms with E-state index in [4.69, 9.17) is 0 Å². The molecule has 0 radical (unpaired) electrons. The number of halogens is 2. The fourth-order valence-corrected chi connectivity index (χ4v) is 4.17. The molecule has 0 aromatic heterocycles. The van der Waals surface area contributed by atoms with Crippen LogP contribution in [0.15, 0.2) is 42.5 Å². The van der Waals surface area contributed by atoms with Crippen LogP contribution in [0.1, 0.15) is 44.4 Å². The van der Waals surface area contributed by atoms with Crippen molar-refractivity contribution in [2.45, 2.75) is 51.7 Å². The zero-order valence-corrected chi connectivity index (χ0v) is 20.4. The van der Waals surface area contributed by atoms with Gasteiger partial charge < -0.3 is 20.9 Å².